The number of ether oxygens (including phenoxy) is 2. The van der Waals surface area contributed by atoms with Crippen molar-refractivity contribution in [1.29, 1.82) is 0 Å². The smallest absolute Gasteiger partial charge is 0.191 e. The quantitative estimate of drug-likeness (QED) is 0.209. The Morgan fingerprint density at radius 3 is 2.54 bits per heavy atom. The van der Waals surface area contributed by atoms with E-state index in [4.69, 9.17) is 9.47 Å². The number of methoxy groups -OCH3 is 2. The van der Waals surface area contributed by atoms with Crippen LogP contribution in [0.25, 0.3) is 0 Å². The Balaban J connectivity index is 0.00000392. The predicted octanol–water partition coefficient (Wildman–Crippen LogP) is 3.43. The topological polar surface area (TPSA) is 58.1 Å². The van der Waals surface area contributed by atoms with Gasteiger partial charge in [-0.3, -0.25) is 9.89 Å². The first-order chi connectivity index (χ1) is 13.3. The first kappa shape index (κ1) is 25.0. The maximum atomic E-state index is 5.62. The molecule has 0 amide bonds. The van der Waals surface area contributed by atoms with Crippen LogP contribution >= 0.6 is 24.0 Å². The summed E-state index contributed by atoms with van der Waals surface area (Å²) in [6, 6.07) is 8.62. The normalized spacial score (nSPS) is 15.8. The molecule has 0 bridgehead atoms. The monoisotopic (exact) mass is 504 g/mol. The molecule has 1 unspecified atom stereocenters. The average Bonchev–Trinajstić information content (AvgIpc) is 3.24. The first-order valence-corrected chi connectivity index (χ1v) is 10.1. The number of nitrogens with zero attached hydrogens (tertiary/aromatic N) is 2. The highest BCUT2D eigenvalue weighted by Crippen LogP contribution is 2.31. The average molecular weight is 504 g/mol. The van der Waals surface area contributed by atoms with E-state index in [0.717, 1.165) is 63.8 Å². The molecule has 7 heteroatoms. The molecule has 1 aromatic carbocycles. The molecule has 0 aliphatic carbocycles. The zero-order valence-corrected chi connectivity index (χ0v) is 19.9. The Morgan fingerprint density at radius 1 is 1.11 bits per heavy atom. The molecule has 28 heavy (non-hydrogen) atoms. The number of nitrogens with one attached hydrogen (secondary N) is 2. The highest BCUT2D eigenvalue weighted by atomic mass is 127. The Morgan fingerprint density at radius 2 is 1.86 bits per heavy atom. The van der Waals surface area contributed by atoms with Gasteiger partial charge in [-0.05, 0) is 51.3 Å². The van der Waals surface area contributed by atoms with Gasteiger partial charge in [0.15, 0.2) is 5.96 Å². The number of para-hydroxylation sites is 1. The number of benzene rings is 1. The predicted molar refractivity (Wildman–Crippen MR) is 127 cm³/mol. The number of hydrogen-bond donors (Lipinski definition) is 2. The van der Waals surface area contributed by atoms with Gasteiger partial charge >= 0.3 is 0 Å². The van der Waals surface area contributed by atoms with Crippen LogP contribution in [0.1, 0.15) is 43.7 Å². The van der Waals surface area contributed by atoms with E-state index < -0.39 is 0 Å². The maximum absolute atomic E-state index is 5.62. The summed E-state index contributed by atoms with van der Waals surface area (Å²) in [5.74, 6) is 1.82. The minimum atomic E-state index is 0. The molecule has 160 valence electrons. The Labute approximate surface area is 187 Å². The largest absolute Gasteiger partial charge is 0.496 e. The van der Waals surface area contributed by atoms with E-state index in [1.54, 1.807) is 14.2 Å². The number of rotatable bonds is 11. The first-order valence-electron chi connectivity index (χ1n) is 10.1. The van der Waals surface area contributed by atoms with Gasteiger partial charge in [0.05, 0.1) is 13.2 Å². The fraction of sp³-hybridized carbons (Fsp3) is 0.667. The van der Waals surface area contributed by atoms with Crippen LogP contribution in [-0.4, -0.2) is 64.9 Å². The van der Waals surface area contributed by atoms with Crippen LogP contribution in [0.5, 0.6) is 5.75 Å². The zero-order chi connectivity index (χ0) is 19.3. The highest BCUT2D eigenvalue weighted by molar-refractivity contribution is 14.0. The molecule has 1 heterocycles. The molecule has 1 saturated heterocycles. The molecular weight excluding hydrogens is 467 g/mol. The molecule has 2 N–H and O–H groups in total. The molecule has 0 radical (unpaired) electrons. The van der Waals surface area contributed by atoms with E-state index in [1.165, 1.54) is 18.4 Å². The van der Waals surface area contributed by atoms with Crippen molar-refractivity contribution in [2.75, 3.05) is 54.1 Å². The minimum absolute atomic E-state index is 0. The van der Waals surface area contributed by atoms with Crippen molar-refractivity contribution in [3.05, 3.63) is 29.8 Å². The summed E-state index contributed by atoms with van der Waals surface area (Å²) in [6.07, 6.45) is 5.91. The van der Waals surface area contributed by atoms with Gasteiger partial charge in [-0.1, -0.05) is 18.2 Å². The van der Waals surface area contributed by atoms with Gasteiger partial charge in [0, 0.05) is 39.4 Å². The highest BCUT2D eigenvalue weighted by Gasteiger charge is 2.25. The van der Waals surface area contributed by atoms with Crippen molar-refractivity contribution in [3.63, 3.8) is 0 Å². The molecule has 1 aliphatic rings. The van der Waals surface area contributed by atoms with Gasteiger partial charge < -0.3 is 20.1 Å². The van der Waals surface area contributed by atoms with Gasteiger partial charge in [-0.25, -0.2) is 0 Å². The SMILES string of the molecule is CN=C(NCCCCCOC)NCC(c1ccccc1OC)N1CCCC1.I. The van der Waals surface area contributed by atoms with Crippen molar-refractivity contribution in [2.45, 2.75) is 38.1 Å². The number of likely N-dealkylation sites (tertiary alicyclic amines) is 1. The van der Waals surface area contributed by atoms with Crippen molar-refractivity contribution in [2.24, 2.45) is 4.99 Å². The lowest BCUT2D eigenvalue weighted by molar-refractivity contribution is 0.192. The van der Waals surface area contributed by atoms with Crippen LogP contribution in [-0.2, 0) is 4.74 Å². The minimum Gasteiger partial charge on any atom is -0.496 e. The molecule has 1 aromatic rings. The fourth-order valence-electron chi connectivity index (χ4n) is 3.60. The molecule has 1 fully saturated rings. The van der Waals surface area contributed by atoms with Crippen LogP contribution in [0.4, 0.5) is 0 Å². The van der Waals surface area contributed by atoms with Crippen molar-refractivity contribution in [3.8, 4) is 5.75 Å². The van der Waals surface area contributed by atoms with E-state index in [2.05, 4.69) is 32.7 Å². The van der Waals surface area contributed by atoms with Crippen molar-refractivity contribution in [1.82, 2.24) is 15.5 Å². The molecule has 0 spiro atoms. The van der Waals surface area contributed by atoms with E-state index in [0.29, 0.717) is 0 Å². The summed E-state index contributed by atoms with van der Waals surface area (Å²) in [5, 5.41) is 6.94. The lowest BCUT2D eigenvalue weighted by atomic mass is 10.0. The lowest BCUT2D eigenvalue weighted by Crippen LogP contribution is -2.43. The van der Waals surface area contributed by atoms with Gasteiger partial charge in [0.25, 0.3) is 0 Å². The fourth-order valence-corrected chi connectivity index (χ4v) is 3.60. The number of unbranched alkanes of at least 4 members (excludes halogenated alkanes) is 2. The van der Waals surface area contributed by atoms with Crippen LogP contribution in [0.15, 0.2) is 29.3 Å². The van der Waals surface area contributed by atoms with Gasteiger partial charge in [0.1, 0.15) is 5.75 Å². The van der Waals surface area contributed by atoms with Crippen LogP contribution in [0, 0.1) is 0 Å². The lowest BCUT2D eigenvalue weighted by Gasteiger charge is -2.30. The number of aliphatic imine (C=N–C) groups is 1. The number of hydrogen-bond acceptors (Lipinski definition) is 4. The summed E-state index contributed by atoms with van der Waals surface area (Å²) < 4.78 is 10.7. The van der Waals surface area contributed by atoms with Crippen LogP contribution in [0.2, 0.25) is 0 Å². The molecule has 2 rings (SSSR count). The summed E-state index contributed by atoms with van der Waals surface area (Å²) in [6.45, 7) is 4.84. The van der Waals surface area contributed by atoms with Crippen molar-refractivity contribution >= 4 is 29.9 Å². The number of guanidine groups is 1. The van der Waals surface area contributed by atoms with Crippen LogP contribution in [0.3, 0.4) is 0 Å². The van der Waals surface area contributed by atoms with E-state index in [1.807, 2.05) is 19.2 Å². The molecule has 1 aliphatic heterocycles. The van der Waals surface area contributed by atoms with E-state index >= 15 is 0 Å². The Kier molecular flexibility index (Phi) is 13.3. The molecular formula is C21H37IN4O2. The molecule has 0 aromatic heterocycles. The number of halogens is 1. The Hall–Kier alpha value is -1.06. The van der Waals surface area contributed by atoms with Gasteiger partial charge in [-0.15, -0.1) is 24.0 Å². The molecule has 0 saturated carbocycles. The molecule has 6 nitrogen and oxygen atoms in total. The van der Waals surface area contributed by atoms with Crippen LogP contribution < -0.4 is 15.4 Å². The maximum Gasteiger partial charge on any atom is 0.191 e. The van der Waals surface area contributed by atoms with Crippen molar-refractivity contribution < 1.29 is 9.47 Å². The second-order valence-corrected chi connectivity index (χ2v) is 6.93. The third-order valence-electron chi connectivity index (χ3n) is 5.08. The van der Waals surface area contributed by atoms with E-state index in [-0.39, 0.29) is 30.0 Å². The Bertz CT molecular complexity index is 565. The standard InChI is InChI=1S/C21H36N4O2.HI/c1-22-21(23-13-7-4-10-16-26-2)24-17-19(25-14-8-9-15-25)18-11-5-6-12-20(18)27-3;/h5-6,11-12,19H,4,7-10,13-17H2,1-3H3,(H2,22,23,24);1H. The second-order valence-electron chi connectivity index (χ2n) is 6.93. The third-order valence-corrected chi connectivity index (χ3v) is 5.08. The third kappa shape index (κ3) is 8.13. The summed E-state index contributed by atoms with van der Waals surface area (Å²) in [7, 11) is 5.33. The summed E-state index contributed by atoms with van der Waals surface area (Å²) >= 11 is 0. The van der Waals surface area contributed by atoms with Gasteiger partial charge in [-0.2, -0.15) is 0 Å². The zero-order valence-electron chi connectivity index (χ0n) is 17.6. The summed E-state index contributed by atoms with van der Waals surface area (Å²) in [4.78, 5) is 6.92. The van der Waals surface area contributed by atoms with Gasteiger partial charge in [0.2, 0.25) is 0 Å². The second kappa shape index (κ2) is 14.9. The molecule has 1 atom stereocenters. The summed E-state index contributed by atoms with van der Waals surface area (Å²) in [5.41, 5.74) is 1.24. The van der Waals surface area contributed by atoms with E-state index in [9.17, 15) is 0 Å².